The van der Waals surface area contributed by atoms with Crippen LogP contribution in [0.15, 0.2) is 0 Å². The van der Waals surface area contributed by atoms with Gasteiger partial charge in [0.25, 0.3) is 0 Å². The number of likely N-dealkylation sites (tertiary alicyclic amines) is 1. The molecule has 3 heteroatoms. The molecule has 0 aromatic carbocycles. The van der Waals surface area contributed by atoms with Gasteiger partial charge in [-0.1, -0.05) is 0 Å². The number of rotatable bonds is 8. The van der Waals surface area contributed by atoms with Gasteiger partial charge in [0.15, 0.2) is 0 Å². The van der Waals surface area contributed by atoms with E-state index in [1.807, 2.05) is 7.05 Å². The van der Waals surface area contributed by atoms with E-state index in [0.29, 0.717) is 0 Å². The maximum Gasteiger partial charge on any atom is 0.000756 e. The minimum atomic E-state index is 0.944. The van der Waals surface area contributed by atoms with Crippen LogP contribution >= 0.6 is 0 Å². The SMILES string of the molecule is CNCCCCNCCC1CCN(C)C1. The molecule has 1 saturated heterocycles. The van der Waals surface area contributed by atoms with Crippen molar-refractivity contribution in [1.82, 2.24) is 15.5 Å². The number of unbranched alkanes of at least 4 members (excludes halogenated alkanes) is 1. The quantitative estimate of drug-likeness (QED) is 0.587. The van der Waals surface area contributed by atoms with Gasteiger partial charge in [-0.05, 0) is 71.9 Å². The first-order valence-corrected chi connectivity index (χ1v) is 6.37. The van der Waals surface area contributed by atoms with Crippen molar-refractivity contribution in [3.05, 3.63) is 0 Å². The third-order valence-corrected chi connectivity index (χ3v) is 3.25. The minimum Gasteiger partial charge on any atom is -0.320 e. The third kappa shape index (κ3) is 6.13. The Balaban J connectivity index is 1.81. The van der Waals surface area contributed by atoms with Crippen molar-refractivity contribution >= 4 is 0 Å². The highest BCUT2D eigenvalue weighted by atomic mass is 15.1. The van der Waals surface area contributed by atoms with E-state index in [9.17, 15) is 0 Å². The van der Waals surface area contributed by atoms with Crippen molar-refractivity contribution in [3.8, 4) is 0 Å². The molecular weight excluding hydrogens is 186 g/mol. The highest BCUT2D eigenvalue weighted by Gasteiger charge is 2.18. The Morgan fingerprint density at radius 2 is 2.00 bits per heavy atom. The Morgan fingerprint density at radius 3 is 2.67 bits per heavy atom. The average molecular weight is 213 g/mol. The molecule has 1 fully saturated rings. The molecule has 1 heterocycles. The zero-order chi connectivity index (χ0) is 10.9. The predicted octanol–water partition coefficient (Wildman–Crippen LogP) is 0.917. The Morgan fingerprint density at radius 1 is 1.20 bits per heavy atom. The number of nitrogens with zero attached hydrogens (tertiary/aromatic N) is 1. The molecule has 2 N–H and O–H groups in total. The first-order valence-electron chi connectivity index (χ1n) is 6.37. The Hall–Kier alpha value is -0.120. The smallest absolute Gasteiger partial charge is 0.000756 e. The van der Waals surface area contributed by atoms with Crippen LogP contribution in [0.3, 0.4) is 0 Å². The Bertz CT molecular complexity index is 150. The summed E-state index contributed by atoms with van der Waals surface area (Å²) in [6.07, 6.45) is 5.34. The van der Waals surface area contributed by atoms with Gasteiger partial charge in [0, 0.05) is 6.54 Å². The zero-order valence-electron chi connectivity index (χ0n) is 10.4. The van der Waals surface area contributed by atoms with Crippen molar-refractivity contribution in [2.45, 2.75) is 25.7 Å². The fraction of sp³-hybridized carbons (Fsp3) is 1.00. The molecule has 15 heavy (non-hydrogen) atoms. The molecular formula is C12H27N3. The largest absolute Gasteiger partial charge is 0.320 e. The van der Waals surface area contributed by atoms with Gasteiger partial charge in [0.2, 0.25) is 0 Å². The van der Waals surface area contributed by atoms with Gasteiger partial charge in [0.1, 0.15) is 0 Å². The highest BCUT2D eigenvalue weighted by molar-refractivity contribution is 4.73. The van der Waals surface area contributed by atoms with E-state index in [-0.39, 0.29) is 0 Å². The van der Waals surface area contributed by atoms with Crippen LogP contribution in [0.1, 0.15) is 25.7 Å². The van der Waals surface area contributed by atoms with Crippen LogP contribution in [-0.2, 0) is 0 Å². The van der Waals surface area contributed by atoms with Crippen LogP contribution in [0.4, 0.5) is 0 Å². The monoisotopic (exact) mass is 213 g/mol. The third-order valence-electron chi connectivity index (χ3n) is 3.25. The molecule has 0 amide bonds. The molecule has 90 valence electrons. The number of nitrogens with one attached hydrogen (secondary N) is 2. The van der Waals surface area contributed by atoms with Gasteiger partial charge >= 0.3 is 0 Å². The Kier molecular flexibility index (Phi) is 6.98. The van der Waals surface area contributed by atoms with Crippen LogP contribution in [0, 0.1) is 5.92 Å². The summed E-state index contributed by atoms with van der Waals surface area (Å²) in [6, 6.07) is 0. The maximum atomic E-state index is 3.54. The molecule has 0 saturated carbocycles. The molecule has 1 aliphatic heterocycles. The topological polar surface area (TPSA) is 27.3 Å². The lowest BCUT2D eigenvalue weighted by molar-refractivity contribution is 0.385. The van der Waals surface area contributed by atoms with Crippen molar-refractivity contribution < 1.29 is 0 Å². The van der Waals surface area contributed by atoms with Crippen LogP contribution in [0.5, 0.6) is 0 Å². The molecule has 1 unspecified atom stereocenters. The van der Waals surface area contributed by atoms with Crippen LogP contribution in [0.2, 0.25) is 0 Å². The second-order valence-corrected chi connectivity index (χ2v) is 4.77. The predicted molar refractivity (Wildman–Crippen MR) is 66.3 cm³/mol. The highest BCUT2D eigenvalue weighted by Crippen LogP contribution is 2.16. The van der Waals surface area contributed by atoms with Crippen LogP contribution in [-0.4, -0.2) is 51.7 Å². The summed E-state index contributed by atoms with van der Waals surface area (Å²) in [5.74, 6) is 0.944. The Labute approximate surface area is 94.6 Å². The summed E-state index contributed by atoms with van der Waals surface area (Å²) in [5, 5.41) is 6.71. The molecule has 0 aliphatic carbocycles. The van der Waals surface area contributed by atoms with E-state index in [0.717, 1.165) is 12.5 Å². The van der Waals surface area contributed by atoms with E-state index in [1.54, 1.807) is 0 Å². The van der Waals surface area contributed by atoms with Crippen LogP contribution in [0.25, 0.3) is 0 Å². The maximum absolute atomic E-state index is 3.54. The molecule has 1 aliphatic rings. The summed E-state index contributed by atoms with van der Waals surface area (Å²) < 4.78 is 0. The lowest BCUT2D eigenvalue weighted by atomic mass is 10.1. The van der Waals surface area contributed by atoms with Crippen molar-refractivity contribution in [2.75, 3.05) is 46.8 Å². The molecule has 3 nitrogen and oxygen atoms in total. The first kappa shape index (κ1) is 12.9. The molecule has 0 spiro atoms. The molecule has 0 radical (unpaired) electrons. The van der Waals surface area contributed by atoms with Crippen molar-refractivity contribution in [3.63, 3.8) is 0 Å². The van der Waals surface area contributed by atoms with Gasteiger partial charge in [-0.3, -0.25) is 0 Å². The second-order valence-electron chi connectivity index (χ2n) is 4.77. The number of hydrogen-bond donors (Lipinski definition) is 2. The summed E-state index contributed by atoms with van der Waals surface area (Å²) in [4.78, 5) is 2.44. The minimum absolute atomic E-state index is 0.944. The summed E-state index contributed by atoms with van der Waals surface area (Å²) in [5.41, 5.74) is 0. The summed E-state index contributed by atoms with van der Waals surface area (Å²) in [7, 11) is 4.25. The van der Waals surface area contributed by atoms with Gasteiger partial charge < -0.3 is 15.5 Å². The lowest BCUT2D eigenvalue weighted by Gasteiger charge is -2.10. The van der Waals surface area contributed by atoms with Gasteiger partial charge in [-0.2, -0.15) is 0 Å². The number of hydrogen-bond acceptors (Lipinski definition) is 3. The zero-order valence-corrected chi connectivity index (χ0v) is 10.4. The fourth-order valence-electron chi connectivity index (χ4n) is 2.24. The normalized spacial score (nSPS) is 22.4. The molecule has 1 atom stereocenters. The molecule has 0 aromatic rings. The van der Waals surface area contributed by atoms with Crippen LogP contribution < -0.4 is 10.6 Å². The van der Waals surface area contributed by atoms with E-state index >= 15 is 0 Å². The van der Waals surface area contributed by atoms with Gasteiger partial charge in [-0.15, -0.1) is 0 Å². The molecule has 0 bridgehead atoms. The van der Waals surface area contributed by atoms with Crippen molar-refractivity contribution in [1.29, 1.82) is 0 Å². The van der Waals surface area contributed by atoms with Crippen molar-refractivity contribution in [2.24, 2.45) is 5.92 Å². The first-order chi connectivity index (χ1) is 7.33. The van der Waals surface area contributed by atoms with E-state index < -0.39 is 0 Å². The standard InChI is InChI=1S/C12H27N3/c1-13-7-3-4-8-14-9-5-12-6-10-15(2)11-12/h12-14H,3-11H2,1-2H3. The van der Waals surface area contributed by atoms with E-state index in [2.05, 4.69) is 22.6 Å². The van der Waals surface area contributed by atoms with E-state index in [1.165, 1.54) is 51.9 Å². The average Bonchev–Trinajstić information content (AvgIpc) is 2.63. The summed E-state index contributed by atoms with van der Waals surface area (Å²) in [6.45, 7) is 6.14. The van der Waals surface area contributed by atoms with Gasteiger partial charge in [0.05, 0.1) is 0 Å². The molecule has 1 rings (SSSR count). The van der Waals surface area contributed by atoms with Gasteiger partial charge in [-0.25, -0.2) is 0 Å². The lowest BCUT2D eigenvalue weighted by Crippen LogP contribution is -2.21. The second kappa shape index (κ2) is 8.08. The summed E-state index contributed by atoms with van der Waals surface area (Å²) >= 11 is 0. The fourth-order valence-corrected chi connectivity index (χ4v) is 2.24. The van der Waals surface area contributed by atoms with E-state index in [4.69, 9.17) is 0 Å². The molecule has 0 aromatic heterocycles.